The van der Waals surface area contributed by atoms with Crippen LogP contribution in [0.4, 0.5) is 0 Å². The van der Waals surface area contributed by atoms with Gasteiger partial charge in [0, 0.05) is 19.0 Å². The molecule has 0 radical (unpaired) electrons. The lowest BCUT2D eigenvalue weighted by Crippen LogP contribution is -2.32. The number of amides is 1. The van der Waals surface area contributed by atoms with Crippen molar-refractivity contribution >= 4 is 5.91 Å². The van der Waals surface area contributed by atoms with Gasteiger partial charge in [0.1, 0.15) is 0 Å². The molecule has 1 atom stereocenters. The van der Waals surface area contributed by atoms with Crippen LogP contribution in [0.3, 0.4) is 0 Å². The molecule has 0 aliphatic heterocycles. The van der Waals surface area contributed by atoms with E-state index in [1.807, 2.05) is 26.0 Å². The Morgan fingerprint density at radius 3 is 2.24 bits per heavy atom. The van der Waals surface area contributed by atoms with Crippen LogP contribution >= 0.6 is 0 Å². The van der Waals surface area contributed by atoms with E-state index in [1.54, 1.807) is 0 Å². The quantitative estimate of drug-likeness (QED) is 0.774. The zero-order valence-corrected chi connectivity index (χ0v) is 13.6. The summed E-state index contributed by atoms with van der Waals surface area (Å²) in [5.74, 6) is 0.487. The van der Waals surface area contributed by atoms with Gasteiger partial charge in [0.15, 0.2) is 0 Å². The number of benzene rings is 1. The maximum atomic E-state index is 11.7. The van der Waals surface area contributed by atoms with Gasteiger partial charge >= 0.3 is 0 Å². The minimum Gasteiger partial charge on any atom is -0.378 e. The third-order valence-corrected chi connectivity index (χ3v) is 3.33. The Bertz CT molecular complexity index is 427. The van der Waals surface area contributed by atoms with Crippen molar-refractivity contribution in [2.45, 2.75) is 52.2 Å². The topological polar surface area (TPSA) is 64.3 Å². The number of carbonyl (C=O) groups excluding carboxylic acids is 1. The average Bonchev–Trinajstić information content (AvgIpc) is 2.44. The average molecular weight is 292 g/mol. The molecule has 4 nitrogen and oxygen atoms in total. The maximum Gasteiger partial charge on any atom is 0.222 e. The molecule has 4 heteroatoms. The summed E-state index contributed by atoms with van der Waals surface area (Å²) in [6.07, 6.45) is 0.525. The summed E-state index contributed by atoms with van der Waals surface area (Å²) in [6.45, 7) is 9.12. The molecule has 0 spiro atoms. The van der Waals surface area contributed by atoms with Crippen molar-refractivity contribution in [1.82, 2.24) is 5.32 Å². The first-order chi connectivity index (χ1) is 9.90. The van der Waals surface area contributed by atoms with E-state index in [4.69, 9.17) is 10.5 Å². The Morgan fingerprint density at radius 2 is 1.71 bits per heavy atom. The third kappa shape index (κ3) is 6.74. The van der Waals surface area contributed by atoms with Crippen molar-refractivity contribution in [3.8, 4) is 0 Å². The number of hydrogen-bond donors (Lipinski definition) is 2. The Labute approximate surface area is 128 Å². The fourth-order valence-corrected chi connectivity index (χ4v) is 1.95. The van der Waals surface area contributed by atoms with Gasteiger partial charge in [-0.3, -0.25) is 4.79 Å². The number of nitrogens with one attached hydrogen (secondary N) is 1. The normalized spacial score (nSPS) is 12.7. The lowest BCUT2D eigenvalue weighted by atomic mass is 9.99. The van der Waals surface area contributed by atoms with E-state index < -0.39 is 0 Å². The van der Waals surface area contributed by atoms with Gasteiger partial charge in [-0.15, -0.1) is 0 Å². The van der Waals surface area contributed by atoms with Crippen molar-refractivity contribution in [2.24, 2.45) is 5.73 Å². The van der Waals surface area contributed by atoms with Gasteiger partial charge in [0.25, 0.3) is 0 Å². The van der Waals surface area contributed by atoms with Crippen LogP contribution in [0.1, 0.15) is 57.2 Å². The molecule has 0 heterocycles. The second kappa shape index (κ2) is 8.80. The summed E-state index contributed by atoms with van der Waals surface area (Å²) in [5.41, 5.74) is 8.43. The highest BCUT2D eigenvalue weighted by Gasteiger charge is 2.09. The van der Waals surface area contributed by atoms with E-state index in [9.17, 15) is 4.79 Å². The number of rotatable bonds is 8. The van der Waals surface area contributed by atoms with Crippen molar-refractivity contribution in [1.29, 1.82) is 0 Å². The number of nitrogens with two attached hydrogens (primary N) is 1. The van der Waals surface area contributed by atoms with E-state index in [2.05, 4.69) is 31.3 Å². The first-order valence-electron chi connectivity index (χ1n) is 7.64. The van der Waals surface area contributed by atoms with E-state index in [0.29, 0.717) is 25.5 Å². The monoisotopic (exact) mass is 292 g/mol. The van der Waals surface area contributed by atoms with Crippen molar-refractivity contribution in [3.63, 3.8) is 0 Å². The Kier molecular flexibility index (Phi) is 7.40. The Morgan fingerprint density at radius 1 is 1.14 bits per heavy atom. The molecule has 1 aromatic carbocycles. The van der Waals surface area contributed by atoms with Crippen LogP contribution < -0.4 is 11.1 Å². The fraction of sp³-hybridized carbons (Fsp3) is 0.588. The minimum absolute atomic E-state index is 0.0232. The van der Waals surface area contributed by atoms with Gasteiger partial charge in [-0.25, -0.2) is 0 Å². The van der Waals surface area contributed by atoms with E-state index in [1.165, 1.54) is 5.56 Å². The van der Waals surface area contributed by atoms with Crippen molar-refractivity contribution in [3.05, 3.63) is 35.4 Å². The summed E-state index contributed by atoms with van der Waals surface area (Å²) in [6, 6.07) is 8.08. The third-order valence-electron chi connectivity index (χ3n) is 3.33. The predicted octanol–water partition coefficient (Wildman–Crippen LogP) is 2.74. The van der Waals surface area contributed by atoms with Gasteiger partial charge in [0.05, 0.1) is 12.7 Å². The minimum atomic E-state index is -0.179. The zero-order chi connectivity index (χ0) is 15.8. The second-order valence-corrected chi connectivity index (χ2v) is 5.90. The first-order valence-corrected chi connectivity index (χ1v) is 7.64. The molecule has 3 N–H and O–H groups in total. The maximum absolute atomic E-state index is 11.7. The molecule has 0 fully saturated rings. The summed E-state index contributed by atoms with van der Waals surface area (Å²) in [4.78, 5) is 11.7. The van der Waals surface area contributed by atoms with E-state index in [0.717, 1.165) is 5.56 Å². The molecular formula is C17H28N2O2. The van der Waals surface area contributed by atoms with Crippen LogP contribution in [-0.2, 0) is 9.53 Å². The lowest BCUT2D eigenvalue weighted by Gasteiger charge is -2.15. The first kappa shape index (κ1) is 17.7. The van der Waals surface area contributed by atoms with Gasteiger partial charge in [0.2, 0.25) is 5.91 Å². The van der Waals surface area contributed by atoms with Crippen LogP contribution in [0.5, 0.6) is 0 Å². The highest BCUT2D eigenvalue weighted by molar-refractivity contribution is 5.76. The van der Waals surface area contributed by atoms with Gasteiger partial charge in [-0.1, -0.05) is 38.1 Å². The van der Waals surface area contributed by atoms with Crippen LogP contribution in [0.25, 0.3) is 0 Å². The summed E-state index contributed by atoms with van der Waals surface area (Å²) in [7, 11) is 0. The number of hydrogen-bond acceptors (Lipinski definition) is 3. The second-order valence-electron chi connectivity index (χ2n) is 5.90. The Balaban J connectivity index is 2.35. The molecule has 0 bridgehead atoms. The van der Waals surface area contributed by atoms with Crippen molar-refractivity contribution < 1.29 is 9.53 Å². The molecule has 0 aliphatic rings. The molecule has 1 amide bonds. The van der Waals surface area contributed by atoms with Crippen molar-refractivity contribution in [2.75, 3.05) is 13.2 Å². The van der Waals surface area contributed by atoms with Gasteiger partial charge in [-0.05, 0) is 30.9 Å². The SMILES string of the molecule is CC(C)OCCC(=O)NCC(N)c1ccc(C(C)C)cc1. The Hall–Kier alpha value is -1.39. The molecule has 1 unspecified atom stereocenters. The molecule has 0 aliphatic carbocycles. The predicted molar refractivity (Wildman–Crippen MR) is 86.2 cm³/mol. The number of ether oxygens (including phenoxy) is 1. The summed E-state index contributed by atoms with van der Waals surface area (Å²) < 4.78 is 5.35. The highest BCUT2D eigenvalue weighted by atomic mass is 16.5. The standard InChI is InChI=1S/C17H28N2O2/c1-12(2)14-5-7-15(8-6-14)16(18)11-19-17(20)9-10-21-13(3)4/h5-8,12-13,16H,9-11,18H2,1-4H3,(H,19,20). The molecule has 0 aromatic heterocycles. The molecule has 0 saturated carbocycles. The molecule has 0 saturated heterocycles. The molecular weight excluding hydrogens is 264 g/mol. The smallest absolute Gasteiger partial charge is 0.222 e. The molecule has 1 rings (SSSR count). The summed E-state index contributed by atoms with van der Waals surface area (Å²) >= 11 is 0. The van der Waals surface area contributed by atoms with Crippen LogP contribution in [0.2, 0.25) is 0 Å². The number of carbonyl (C=O) groups is 1. The van der Waals surface area contributed by atoms with E-state index >= 15 is 0 Å². The molecule has 21 heavy (non-hydrogen) atoms. The van der Waals surface area contributed by atoms with Gasteiger partial charge < -0.3 is 15.8 Å². The zero-order valence-electron chi connectivity index (χ0n) is 13.6. The van der Waals surface area contributed by atoms with E-state index in [-0.39, 0.29) is 18.1 Å². The highest BCUT2D eigenvalue weighted by Crippen LogP contribution is 2.17. The lowest BCUT2D eigenvalue weighted by molar-refractivity contribution is -0.122. The largest absolute Gasteiger partial charge is 0.378 e. The van der Waals surface area contributed by atoms with Crippen LogP contribution in [-0.4, -0.2) is 25.2 Å². The fourth-order valence-electron chi connectivity index (χ4n) is 1.95. The van der Waals surface area contributed by atoms with Gasteiger partial charge in [-0.2, -0.15) is 0 Å². The molecule has 1 aromatic rings. The van der Waals surface area contributed by atoms with Crippen LogP contribution in [0, 0.1) is 0 Å². The molecule has 118 valence electrons. The van der Waals surface area contributed by atoms with Crippen LogP contribution in [0.15, 0.2) is 24.3 Å². The summed E-state index contributed by atoms with van der Waals surface area (Å²) in [5, 5.41) is 2.85.